The number of ether oxygens (including phenoxy) is 1. The first-order valence-electron chi connectivity index (χ1n) is 7.99. The third-order valence-corrected chi connectivity index (χ3v) is 5.15. The van der Waals surface area contributed by atoms with Crippen molar-refractivity contribution in [2.75, 3.05) is 7.11 Å². The first-order valence-corrected chi connectivity index (χ1v) is 9.19. The minimum atomic E-state index is -0.321. The highest BCUT2D eigenvalue weighted by molar-refractivity contribution is 7.16. The second-order valence-corrected chi connectivity index (χ2v) is 7.21. The molecule has 1 aromatic heterocycles. The molecular formula is C19H17ClN2O3S. The minimum absolute atomic E-state index is 0.191. The van der Waals surface area contributed by atoms with Crippen LogP contribution < -0.4 is 4.80 Å². The number of aryl methyl sites for hydroxylation is 2. The highest BCUT2D eigenvalue weighted by atomic mass is 35.5. The van der Waals surface area contributed by atoms with Gasteiger partial charge in [-0.25, -0.2) is 0 Å². The molecule has 5 nitrogen and oxygen atoms in total. The Bertz CT molecular complexity index is 1050. The van der Waals surface area contributed by atoms with Gasteiger partial charge in [0.05, 0.1) is 23.7 Å². The number of aromatic nitrogens is 1. The maximum Gasteiger partial charge on any atom is 0.307 e. The van der Waals surface area contributed by atoms with Gasteiger partial charge in [-0.3, -0.25) is 9.59 Å². The van der Waals surface area contributed by atoms with Gasteiger partial charge in [0.1, 0.15) is 0 Å². The van der Waals surface area contributed by atoms with Crippen LogP contribution in [0.15, 0.2) is 47.5 Å². The van der Waals surface area contributed by atoms with Crippen LogP contribution >= 0.6 is 22.9 Å². The normalized spacial score (nSPS) is 11.7. The second-order valence-electron chi connectivity index (χ2n) is 5.76. The molecule has 0 saturated heterocycles. The molecule has 1 amide bonds. The van der Waals surface area contributed by atoms with Gasteiger partial charge in [-0.2, -0.15) is 4.99 Å². The van der Waals surface area contributed by atoms with Crippen molar-refractivity contribution in [3.05, 3.63) is 63.4 Å². The molecule has 2 aromatic carbocycles. The Kier molecular flexibility index (Phi) is 5.54. The Labute approximate surface area is 159 Å². The zero-order chi connectivity index (χ0) is 18.7. The molecule has 0 aliphatic heterocycles. The number of carbonyl (C=O) groups excluding carboxylic acids is 2. The number of nitrogens with zero attached hydrogens (tertiary/aromatic N) is 2. The lowest BCUT2D eigenvalue weighted by Crippen LogP contribution is -2.19. The van der Waals surface area contributed by atoms with E-state index >= 15 is 0 Å². The molecule has 3 rings (SSSR count). The van der Waals surface area contributed by atoms with Crippen LogP contribution in [0.25, 0.3) is 10.2 Å². The lowest BCUT2D eigenvalue weighted by molar-refractivity contribution is -0.140. The van der Waals surface area contributed by atoms with Gasteiger partial charge in [-0.1, -0.05) is 40.6 Å². The Morgan fingerprint density at radius 1 is 1.23 bits per heavy atom. The number of benzene rings is 2. The third kappa shape index (κ3) is 4.03. The van der Waals surface area contributed by atoms with Gasteiger partial charge in [-0.15, -0.1) is 0 Å². The summed E-state index contributed by atoms with van der Waals surface area (Å²) >= 11 is 7.44. The third-order valence-electron chi connectivity index (χ3n) is 3.87. The number of amides is 1. The Balaban J connectivity index is 2.08. The monoisotopic (exact) mass is 388 g/mol. The quantitative estimate of drug-likeness (QED) is 0.635. The van der Waals surface area contributed by atoms with Crippen molar-refractivity contribution < 1.29 is 14.3 Å². The molecule has 134 valence electrons. The van der Waals surface area contributed by atoms with Crippen LogP contribution in [0, 0.1) is 6.92 Å². The number of hydrogen-bond acceptors (Lipinski definition) is 4. The fourth-order valence-corrected chi connectivity index (χ4v) is 3.91. The van der Waals surface area contributed by atoms with Crippen molar-refractivity contribution in [3.63, 3.8) is 0 Å². The van der Waals surface area contributed by atoms with Crippen LogP contribution in [-0.2, 0) is 16.1 Å². The average molecular weight is 389 g/mol. The van der Waals surface area contributed by atoms with Crippen LogP contribution in [-0.4, -0.2) is 23.6 Å². The van der Waals surface area contributed by atoms with E-state index in [1.54, 1.807) is 18.2 Å². The SMILES string of the molecule is COC(=O)CCn1c(=NC(=O)c2cccc(C)c2)sc2cc(Cl)ccc21. The first kappa shape index (κ1) is 18.4. The van der Waals surface area contributed by atoms with Crippen molar-refractivity contribution in [1.82, 2.24) is 4.57 Å². The van der Waals surface area contributed by atoms with Crippen molar-refractivity contribution in [3.8, 4) is 0 Å². The number of esters is 1. The summed E-state index contributed by atoms with van der Waals surface area (Å²) in [6, 6.07) is 12.8. The fraction of sp³-hybridized carbons (Fsp3) is 0.211. The van der Waals surface area contributed by atoms with Gasteiger partial charge in [0.2, 0.25) is 0 Å². The molecule has 0 aliphatic carbocycles. The molecule has 0 radical (unpaired) electrons. The van der Waals surface area contributed by atoms with Gasteiger partial charge in [0, 0.05) is 17.1 Å². The van der Waals surface area contributed by atoms with Gasteiger partial charge in [-0.05, 0) is 37.3 Å². The average Bonchev–Trinajstić information content (AvgIpc) is 2.95. The van der Waals surface area contributed by atoms with Crippen LogP contribution in [0.4, 0.5) is 0 Å². The summed E-state index contributed by atoms with van der Waals surface area (Å²) in [5, 5.41) is 0.607. The summed E-state index contributed by atoms with van der Waals surface area (Å²) in [6.45, 7) is 2.29. The van der Waals surface area contributed by atoms with Crippen molar-refractivity contribution >= 4 is 45.0 Å². The molecule has 0 fully saturated rings. The molecular weight excluding hydrogens is 372 g/mol. The Morgan fingerprint density at radius 3 is 2.77 bits per heavy atom. The standard InChI is InChI=1S/C19H17ClN2O3S/c1-12-4-3-5-13(10-12)18(24)21-19-22(9-8-17(23)25-2)15-7-6-14(20)11-16(15)26-19/h3-7,10-11H,8-9H2,1-2H3. The molecule has 7 heteroatoms. The van der Waals surface area contributed by atoms with Gasteiger partial charge >= 0.3 is 5.97 Å². The Hall–Kier alpha value is -2.44. The zero-order valence-corrected chi connectivity index (χ0v) is 15.9. The number of fused-ring (bicyclic) bond motifs is 1. The predicted molar refractivity (Wildman–Crippen MR) is 103 cm³/mol. The largest absolute Gasteiger partial charge is 0.469 e. The van der Waals surface area contributed by atoms with E-state index in [0.717, 1.165) is 15.8 Å². The molecule has 0 saturated carbocycles. The van der Waals surface area contributed by atoms with Crippen molar-refractivity contribution in [2.45, 2.75) is 19.9 Å². The molecule has 0 aliphatic rings. The van der Waals surface area contributed by atoms with E-state index in [1.807, 2.05) is 35.8 Å². The minimum Gasteiger partial charge on any atom is -0.469 e. The predicted octanol–water partition coefficient (Wildman–Crippen LogP) is 3.97. The molecule has 0 spiro atoms. The van der Waals surface area contributed by atoms with Gasteiger partial charge in [0.15, 0.2) is 4.80 Å². The first-order chi connectivity index (χ1) is 12.5. The molecule has 26 heavy (non-hydrogen) atoms. The van der Waals surface area contributed by atoms with Crippen LogP contribution in [0.2, 0.25) is 5.02 Å². The summed E-state index contributed by atoms with van der Waals surface area (Å²) in [7, 11) is 1.35. The van der Waals surface area contributed by atoms with E-state index in [-0.39, 0.29) is 18.3 Å². The van der Waals surface area contributed by atoms with Crippen LogP contribution in [0.5, 0.6) is 0 Å². The van der Waals surface area contributed by atoms with Gasteiger partial charge in [0.25, 0.3) is 5.91 Å². The summed E-state index contributed by atoms with van der Waals surface area (Å²) in [6.07, 6.45) is 0.191. The number of thiazole rings is 1. The van der Waals surface area contributed by atoms with Crippen LogP contribution in [0.1, 0.15) is 22.3 Å². The molecule has 3 aromatic rings. The number of methoxy groups -OCH3 is 1. The zero-order valence-electron chi connectivity index (χ0n) is 14.4. The maximum atomic E-state index is 12.6. The smallest absolute Gasteiger partial charge is 0.307 e. The topological polar surface area (TPSA) is 60.7 Å². The molecule has 0 N–H and O–H groups in total. The molecule has 0 unspecified atom stereocenters. The fourth-order valence-electron chi connectivity index (χ4n) is 2.58. The van der Waals surface area contributed by atoms with Crippen molar-refractivity contribution in [2.24, 2.45) is 4.99 Å². The number of halogens is 1. The number of rotatable bonds is 4. The number of carbonyl (C=O) groups is 2. The highest BCUT2D eigenvalue weighted by Crippen LogP contribution is 2.22. The second kappa shape index (κ2) is 7.85. The van der Waals surface area contributed by atoms with E-state index in [9.17, 15) is 9.59 Å². The van der Waals surface area contributed by atoms with E-state index in [2.05, 4.69) is 4.99 Å². The van der Waals surface area contributed by atoms with Crippen LogP contribution in [0.3, 0.4) is 0 Å². The lowest BCUT2D eigenvalue weighted by atomic mass is 10.1. The van der Waals surface area contributed by atoms with E-state index < -0.39 is 0 Å². The summed E-state index contributed by atoms with van der Waals surface area (Å²) in [5.41, 5.74) is 2.40. The van der Waals surface area contributed by atoms with Gasteiger partial charge < -0.3 is 9.30 Å². The van der Waals surface area contributed by atoms with E-state index in [4.69, 9.17) is 16.3 Å². The summed E-state index contributed by atoms with van der Waals surface area (Å²) in [5.74, 6) is -0.639. The number of hydrogen-bond donors (Lipinski definition) is 0. The highest BCUT2D eigenvalue weighted by Gasteiger charge is 2.11. The van der Waals surface area contributed by atoms with Crippen molar-refractivity contribution in [1.29, 1.82) is 0 Å². The molecule has 0 atom stereocenters. The summed E-state index contributed by atoms with van der Waals surface area (Å²) in [4.78, 5) is 28.9. The molecule has 0 bridgehead atoms. The van der Waals surface area contributed by atoms with E-state index in [0.29, 0.717) is 21.9 Å². The Morgan fingerprint density at radius 2 is 2.04 bits per heavy atom. The molecule has 1 heterocycles. The lowest BCUT2D eigenvalue weighted by Gasteiger charge is -2.04. The summed E-state index contributed by atoms with van der Waals surface area (Å²) < 4.78 is 7.46. The maximum absolute atomic E-state index is 12.6. The van der Waals surface area contributed by atoms with E-state index in [1.165, 1.54) is 18.4 Å².